The molecule has 0 aliphatic carbocycles. The Morgan fingerprint density at radius 3 is 2.49 bits per heavy atom. The van der Waals surface area contributed by atoms with Gasteiger partial charge in [0.2, 0.25) is 0 Å². The minimum atomic E-state index is -0.658. The van der Waals surface area contributed by atoms with Gasteiger partial charge >= 0.3 is 5.97 Å². The zero-order chi connectivity index (χ0) is 31.0. The Bertz CT molecular complexity index is 1920. The van der Waals surface area contributed by atoms with E-state index >= 15 is 0 Å². The van der Waals surface area contributed by atoms with Gasteiger partial charge in [-0.15, -0.1) is 0 Å². The summed E-state index contributed by atoms with van der Waals surface area (Å²) in [7, 11) is 0. The molecule has 1 aliphatic rings. The van der Waals surface area contributed by atoms with E-state index in [1.54, 1.807) is 23.6 Å². The molecule has 0 saturated carbocycles. The Labute approximate surface area is 259 Å². The topological polar surface area (TPSA) is 65.6 Å². The normalized spacial score (nSPS) is 15.2. The molecule has 5 rings (SSSR count). The highest BCUT2D eigenvalue weighted by Crippen LogP contribution is 2.33. The highest BCUT2D eigenvalue weighted by molar-refractivity contribution is 7.07. The monoisotopic (exact) mass is 619 g/mol. The van der Waals surface area contributed by atoms with Gasteiger partial charge in [-0.25, -0.2) is 14.2 Å². The molecule has 0 bridgehead atoms. The van der Waals surface area contributed by atoms with Gasteiger partial charge in [0, 0.05) is 17.1 Å². The minimum absolute atomic E-state index is 0.0431. The fourth-order valence-corrected chi connectivity index (χ4v) is 6.78. The average Bonchev–Trinajstić information content (AvgIpc) is 3.43. The Balaban J connectivity index is 1.71. The third-order valence-corrected chi connectivity index (χ3v) is 9.00. The fraction of sp³-hybridized carbons (Fsp3) is 0.324. The van der Waals surface area contributed by atoms with Crippen LogP contribution < -0.4 is 14.9 Å². The van der Waals surface area contributed by atoms with Crippen LogP contribution in [0.4, 0.5) is 4.39 Å². The van der Waals surface area contributed by atoms with E-state index in [-0.39, 0.29) is 17.2 Å². The molecule has 0 saturated heterocycles. The predicted molar refractivity (Wildman–Crippen MR) is 170 cm³/mol. The predicted octanol–water partition coefficient (Wildman–Crippen LogP) is 6.90. The number of esters is 1. The third kappa shape index (κ3) is 5.78. The van der Waals surface area contributed by atoms with Gasteiger partial charge in [0.1, 0.15) is 5.82 Å². The van der Waals surface area contributed by atoms with Crippen molar-refractivity contribution in [2.45, 2.75) is 66.3 Å². The first-order valence-corrected chi connectivity index (χ1v) is 15.7. The van der Waals surface area contributed by atoms with Crippen LogP contribution in [-0.4, -0.2) is 21.7 Å². The van der Waals surface area contributed by atoms with Crippen LogP contribution in [0.25, 0.3) is 11.8 Å². The van der Waals surface area contributed by atoms with Gasteiger partial charge in [0.15, 0.2) is 4.80 Å². The van der Waals surface area contributed by atoms with Crippen molar-refractivity contribution in [1.29, 1.82) is 0 Å². The summed E-state index contributed by atoms with van der Waals surface area (Å²) >= 11 is 7.38. The van der Waals surface area contributed by atoms with Crippen molar-refractivity contribution in [3.05, 3.63) is 118 Å². The zero-order valence-corrected chi connectivity index (χ0v) is 26.8. The SMILES string of the molecule is CCCC1=C(C(=O)OCC)[C@H](c2ccc(C(C)C)cc2)n2c(s/c(=C/c3cc(C)n(-c4ccc(F)c(Cl)c4)c3C)c2=O)=N1. The van der Waals surface area contributed by atoms with E-state index in [0.717, 1.165) is 34.6 Å². The highest BCUT2D eigenvalue weighted by atomic mass is 35.5. The molecule has 224 valence electrons. The number of hydrogen-bond donors (Lipinski definition) is 0. The summed E-state index contributed by atoms with van der Waals surface area (Å²) in [5.41, 5.74) is 6.20. The number of aryl methyl sites for hydroxylation is 1. The van der Waals surface area contributed by atoms with Gasteiger partial charge in [-0.05, 0) is 80.1 Å². The van der Waals surface area contributed by atoms with E-state index in [0.29, 0.717) is 32.9 Å². The molecule has 6 nitrogen and oxygen atoms in total. The van der Waals surface area contributed by atoms with Crippen LogP contribution >= 0.6 is 22.9 Å². The number of fused-ring (bicyclic) bond motifs is 1. The molecule has 0 fully saturated rings. The molecule has 0 amide bonds. The van der Waals surface area contributed by atoms with Crippen molar-refractivity contribution in [3.8, 4) is 5.69 Å². The van der Waals surface area contributed by atoms with Crippen molar-refractivity contribution in [2.75, 3.05) is 6.61 Å². The second-order valence-electron chi connectivity index (χ2n) is 11.0. The van der Waals surface area contributed by atoms with E-state index in [2.05, 4.69) is 26.0 Å². The largest absolute Gasteiger partial charge is 0.463 e. The molecule has 9 heteroatoms. The molecule has 1 atom stereocenters. The molecule has 3 heterocycles. The summed E-state index contributed by atoms with van der Waals surface area (Å²) in [6.45, 7) is 12.2. The Kier molecular flexibility index (Phi) is 8.90. The summed E-state index contributed by atoms with van der Waals surface area (Å²) < 4.78 is 23.5. The summed E-state index contributed by atoms with van der Waals surface area (Å²) in [6, 6.07) is 14.0. The summed E-state index contributed by atoms with van der Waals surface area (Å²) in [5, 5.41) is 0.0431. The second-order valence-corrected chi connectivity index (χ2v) is 12.4. The number of carbonyl (C=O) groups excluding carboxylic acids is 1. The van der Waals surface area contributed by atoms with Crippen LogP contribution in [-0.2, 0) is 9.53 Å². The maximum Gasteiger partial charge on any atom is 0.338 e. The maximum absolute atomic E-state index is 14.2. The molecule has 4 aromatic rings. The van der Waals surface area contributed by atoms with E-state index in [4.69, 9.17) is 21.3 Å². The number of halogens is 2. The lowest BCUT2D eigenvalue weighted by Gasteiger charge is -2.26. The second kappa shape index (κ2) is 12.5. The Morgan fingerprint density at radius 1 is 1.14 bits per heavy atom. The molecule has 2 aromatic carbocycles. The molecular formula is C34H35ClFN3O3S. The van der Waals surface area contributed by atoms with Crippen molar-refractivity contribution in [1.82, 2.24) is 9.13 Å². The maximum atomic E-state index is 14.2. The first-order chi connectivity index (χ1) is 20.5. The van der Waals surface area contributed by atoms with Crippen molar-refractivity contribution >= 4 is 35.0 Å². The number of nitrogens with zero attached hydrogens (tertiary/aromatic N) is 3. The van der Waals surface area contributed by atoms with E-state index in [9.17, 15) is 14.0 Å². The van der Waals surface area contributed by atoms with Gasteiger partial charge in [0.25, 0.3) is 5.56 Å². The number of rotatable bonds is 8. The number of hydrogen-bond acceptors (Lipinski definition) is 5. The van der Waals surface area contributed by atoms with Gasteiger partial charge in [-0.1, -0.05) is 74.4 Å². The number of ether oxygens (including phenoxy) is 1. The van der Waals surface area contributed by atoms with E-state index < -0.39 is 17.8 Å². The van der Waals surface area contributed by atoms with Crippen LogP contribution in [0, 0.1) is 19.7 Å². The Hall–Kier alpha value is -3.75. The average molecular weight is 620 g/mol. The van der Waals surface area contributed by atoms with Crippen LogP contribution in [0.5, 0.6) is 0 Å². The molecule has 2 aromatic heterocycles. The summed E-state index contributed by atoms with van der Waals surface area (Å²) in [6.07, 6.45) is 3.23. The lowest BCUT2D eigenvalue weighted by molar-refractivity contribution is -0.139. The lowest BCUT2D eigenvalue weighted by atomic mass is 9.92. The first-order valence-electron chi connectivity index (χ1n) is 14.5. The number of benzene rings is 2. The molecule has 43 heavy (non-hydrogen) atoms. The standard InChI is InChI=1S/C34H35ClFN3O3S/c1-7-9-28-30(33(41)42-8-2)31(23-12-10-22(11-13-23)19(3)4)39-32(40)29(43-34(39)37-28)17-24-16-20(5)38(21(24)6)25-14-15-27(36)26(35)18-25/h10-19,31H,7-9H2,1-6H3/b29-17+/t31-/m0/s1. The number of carbonyl (C=O) groups is 1. The fourth-order valence-electron chi connectivity index (χ4n) is 5.60. The van der Waals surface area contributed by atoms with Crippen molar-refractivity contribution in [3.63, 3.8) is 0 Å². The van der Waals surface area contributed by atoms with Crippen LogP contribution in [0.2, 0.25) is 5.02 Å². The van der Waals surface area contributed by atoms with Crippen molar-refractivity contribution in [2.24, 2.45) is 4.99 Å². The molecule has 0 N–H and O–H groups in total. The zero-order valence-electron chi connectivity index (χ0n) is 25.2. The quantitative estimate of drug-likeness (QED) is 0.202. The van der Waals surface area contributed by atoms with Crippen LogP contribution in [0.1, 0.15) is 80.6 Å². The number of allylic oxidation sites excluding steroid dienone is 1. The Morgan fingerprint density at radius 2 is 1.86 bits per heavy atom. The number of thiazole rings is 1. The van der Waals surface area contributed by atoms with Gasteiger partial charge in [0.05, 0.1) is 33.5 Å². The molecule has 0 spiro atoms. The summed E-state index contributed by atoms with van der Waals surface area (Å²) in [5.74, 6) is -0.590. The lowest BCUT2D eigenvalue weighted by Crippen LogP contribution is -2.40. The van der Waals surface area contributed by atoms with Gasteiger partial charge in [-0.3, -0.25) is 9.36 Å². The number of aromatic nitrogens is 2. The smallest absolute Gasteiger partial charge is 0.338 e. The van der Waals surface area contributed by atoms with Crippen molar-refractivity contribution < 1.29 is 13.9 Å². The molecule has 0 radical (unpaired) electrons. The van der Waals surface area contributed by atoms with Gasteiger partial charge < -0.3 is 9.30 Å². The minimum Gasteiger partial charge on any atom is -0.463 e. The molecule has 1 aliphatic heterocycles. The molecule has 0 unspecified atom stereocenters. The molecular weight excluding hydrogens is 585 g/mol. The van der Waals surface area contributed by atoms with E-state index in [1.807, 2.05) is 49.6 Å². The highest BCUT2D eigenvalue weighted by Gasteiger charge is 2.34. The van der Waals surface area contributed by atoms with Crippen LogP contribution in [0.15, 0.2) is 69.6 Å². The first kappa shape index (κ1) is 30.7. The van der Waals surface area contributed by atoms with E-state index in [1.165, 1.54) is 23.0 Å². The third-order valence-electron chi connectivity index (χ3n) is 7.73. The van der Waals surface area contributed by atoms with Crippen LogP contribution in [0.3, 0.4) is 0 Å². The summed E-state index contributed by atoms with van der Waals surface area (Å²) in [4.78, 5) is 33.0. The van der Waals surface area contributed by atoms with Gasteiger partial charge in [-0.2, -0.15) is 0 Å².